The van der Waals surface area contributed by atoms with Gasteiger partial charge in [0.1, 0.15) is 5.92 Å². The lowest BCUT2D eigenvalue weighted by Crippen LogP contribution is -2.49. The van der Waals surface area contributed by atoms with E-state index in [4.69, 9.17) is 23.2 Å². The van der Waals surface area contributed by atoms with E-state index in [1.807, 2.05) is 24.3 Å². The minimum atomic E-state index is -0.617. The van der Waals surface area contributed by atoms with Crippen molar-refractivity contribution in [3.8, 4) is 0 Å². The number of hydrogen-bond donors (Lipinski definition) is 1. The maximum Gasteiger partial charge on any atom is 0.239 e. The number of amides is 2. The van der Waals surface area contributed by atoms with Crippen LogP contribution in [0.15, 0.2) is 42.5 Å². The Labute approximate surface area is 199 Å². The number of nitrogens with zero attached hydrogens (tertiary/aromatic N) is 3. The topological polar surface area (TPSA) is 55.9 Å². The number of aryl methyl sites for hydroxylation is 1. The molecule has 1 atom stereocenters. The van der Waals surface area contributed by atoms with E-state index in [0.29, 0.717) is 24.5 Å². The molecule has 0 aliphatic carbocycles. The van der Waals surface area contributed by atoms with Crippen LogP contribution in [0.4, 0.5) is 11.4 Å². The minimum Gasteiger partial charge on any atom is -0.369 e. The van der Waals surface area contributed by atoms with Crippen molar-refractivity contribution in [2.45, 2.75) is 13.3 Å². The Kier molecular flexibility index (Phi) is 7.23. The van der Waals surface area contributed by atoms with Crippen LogP contribution in [0.2, 0.25) is 10.0 Å². The quantitative estimate of drug-likeness (QED) is 0.649. The molecule has 2 amide bonds. The molecule has 2 aromatic rings. The molecule has 2 aliphatic rings. The third kappa shape index (κ3) is 5.20. The first-order valence-corrected chi connectivity index (χ1v) is 11.8. The number of piperazine rings is 1. The summed E-state index contributed by atoms with van der Waals surface area (Å²) in [7, 11) is 0. The molecule has 32 heavy (non-hydrogen) atoms. The highest BCUT2D eigenvalue weighted by molar-refractivity contribution is 6.31. The molecule has 0 spiro atoms. The number of anilines is 2. The standard InChI is InChI=1S/C24H28Cl2N4O2/c1-17-2-3-19(26)16-22(17)29-14-12-28(13-15-29)11-9-27-23(31)21-8-10-30(24(21)32)20-6-4-18(25)5-7-20/h2-7,16,21H,8-15H2,1H3,(H,27,31). The lowest BCUT2D eigenvalue weighted by atomic mass is 10.1. The maximum absolute atomic E-state index is 12.7. The van der Waals surface area contributed by atoms with Gasteiger partial charge in [-0.2, -0.15) is 0 Å². The van der Waals surface area contributed by atoms with Crippen molar-refractivity contribution in [1.29, 1.82) is 0 Å². The molecule has 8 heteroatoms. The first-order valence-electron chi connectivity index (χ1n) is 11.0. The molecule has 2 aliphatic heterocycles. The number of benzene rings is 2. The monoisotopic (exact) mass is 474 g/mol. The second-order valence-electron chi connectivity index (χ2n) is 8.36. The third-order valence-electron chi connectivity index (χ3n) is 6.27. The predicted octanol–water partition coefficient (Wildman–Crippen LogP) is 3.59. The van der Waals surface area contributed by atoms with Crippen LogP contribution in [0.1, 0.15) is 12.0 Å². The van der Waals surface area contributed by atoms with Crippen molar-refractivity contribution >= 4 is 46.4 Å². The zero-order valence-electron chi connectivity index (χ0n) is 18.2. The minimum absolute atomic E-state index is 0.143. The van der Waals surface area contributed by atoms with Crippen molar-refractivity contribution in [2.75, 3.05) is 55.6 Å². The van der Waals surface area contributed by atoms with Crippen LogP contribution in [0.5, 0.6) is 0 Å². The predicted molar refractivity (Wildman–Crippen MR) is 130 cm³/mol. The van der Waals surface area contributed by atoms with Crippen molar-refractivity contribution in [3.05, 3.63) is 58.1 Å². The van der Waals surface area contributed by atoms with Gasteiger partial charge in [-0.05, 0) is 55.3 Å². The van der Waals surface area contributed by atoms with E-state index in [0.717, 1.165) is 43.4 Å². The Morgan fingerprint density at radius 3 is 2.41 bits per heavy atom. The highest BCUT2D eigenvalue weighted by Gasteiger charge is 2.37. The van der Waals surface area contributed by atoms with E-state index in [-0.39, 0.29) is 11.8 Å². The molecule has 0 radical (unpaired) electrons. The van der Waals surface area contributed by atoms with Gasteiger partial charge in [-0.1, -0.05) is 29.3 Å². The maximum atomic E-state index is 12.7. The fraction of sp³-hybridized carbons (Fsp3) is 0.417. The molecule has 2 aromatic carbocycles. The van der Waals surface area contributed by atoms with E-state index in [1.165, 1.54) is 11.3 Å². The summed E-state index contributed by atoms with van der Waals surface area (Å²) < 4.78 is 0. The summed E-state index contributed by atoms with van der Waals surface area (Å²) in [5.74, 6) is -0.941. The Morgan fingerprint density at radius 2 is 1.69 bits per heavy atom. The van der Waals surface area contributed by atoms with Crippen molar-refractivity contribution in [1.82, 2.24) is 10.2 Å². The number of halogens is 2. The van der Waals surface area contributed by atoms with Crippen LogP contribution in [0, 0.1) is 12.8 Å². The van der Waals surface area contributed by atoms with Gasteiger partial charge in [0.05, 0.1) is 0 Å². The van der Waals surface area contributed by atoms with Crippen LogP contribution >= 0.6 is 23.2 Å². The van der Waals surface area contributed by atoms with Crippen LogP contribution in [-0.2, 0) is 9.59 Å². The van der Waals surface area contributed by atoms with E-state index < -0.39 is 5.92 Å². The van der Waals surface area contributed by atoms with Crippen molar-refractivity contribution in [2.24, 2.45) is 5.92 Å². The number of hydrogen-bond acceptors (Lipinski definition) is 4. The summed E-state index contributed by atoms with van der Waals surface area (Å²) in [5, 5.41) is 4.34. The summed E-state index contributed by atoms with van der Waals surface area (Å²) in [6.45, 7) is 7.66. The van der Waals surface area contributed by atoms with Gasteiger partial charge < -0.3 is 15.1 Å². The molecule has 170 valence electrons. The van der Waals surface area contributed by atoms with Crippen LogP contribution in [0.3, 0.4) is 0 Å². The molecule has 1 unspecified atom stereocenters. The summed E-state index contributed by atoms with van der Waals surface area (Å²) >= 11 is 12.1. The molecule has 2 fully saturated rings. The largest absolute Gasteiger partial charge is 0.369 e. The zero-order chi connectivity index (χ0) is 22.7. The number of carbonyl (C=O) groups excluding carboxylic acids is 2. The average Bonchev–Trinajstić information content (AvgIpc) is 3.18. The van der Waals surface area contributed by atoms with E-state index in [1.54, 1.807) is 17.0 Å². The second kappa shape index (κ2) is 10.1. The fourth-order valence-electron chi connectivity index (χ4n) is 4.40. The number of nitrogens with one attached hydrogen (secondary N) is 1. The average molecular weight is 475 g/mol. The number of carbonyl (C=O) groups is 2. The molecule has 0 saturated carbocycles. The van der Waals surface area contributed by atoms with E-state index >= 15 is 0 Å². The summed E-state index contributed by atoms with van der Waals surface area (Å²) in [4.78, 5) is 31.7. The molecule has 0 bridgehead atoms. The smallest absolute Gasteiger partial charge is 0.239 e. The summed E-state index contributed by atoms with van der Waals surface area (Å²) in [6.07, 6.45) is 0.533. The molecular formula is C24H28Cl2N4O2. The van der Waals surface area contributed by atoms with Crippen LogP contribution in [-0.4, -0.2) is 62.5 Å². The van der Waals surface area contributed by atoms with Gasteiger partial charge in [0, 0.05) is 67.2 Å². The molecular weight excluding hydrogens is 447 g/mol. The van der Waals surface area contributed by atoms with Gasteiger partial charge in [0.15, 0.2) is 0 Å². The Balaban J connectivity index is 1.21. The second-order valence-corrected chi connectivity index (χ2v) is 9.23. The first kappa shape index (κ1) is 22.9. The third-order valence-corrected chi connectivity index (χ3v) is 6.76. The summed E-state index contributed by atoms with van der Waals surface area (Å²) in [6, 6.07) is 13.1. The van der Waals surface area contributed by atoms with E-state index in [2.05, 4.69) is 28.1 Å². The SMILES string of the molecule is Cc1ccc(Cl)cc1N1CCN(CCNC(=O)C2CCN(c3ccc(Cl)cc3)C2=O)CC1. The first-order chi connectivity index (χ1) is 15.4. The van der Waals surface area contributed by atoms with E-state index in [9.17, 15) is 9.59 Å². The molecule has 1 N–H and O–H groups in total. The van der Waals surface area contributed by atoms with Crippen LogP contribution < -0.4 is 15.1 Å². The molecule has 6 nitrogen and oxygen atoms in total. The number of rotatable bonds is 6. The Bertz CT molecular complexity index is 974. The Morgan fingerprint density at radius 1 is 1.00 bits per heavy atom. The highest BCUT2D eigenvalue weighted by atomic mass is 35.5. The molecule has 2 saturated heterocycles. The van der Waals surface area contributed by atoms with Crippen molar-refractivity contribution < 1.29 is 9.59 Å². The van der Waals surface area contributed by atoms with Crippen molar-refractivity contribution in [3.63, 3.8) is 0 Å². The van der Waals surface area contributed by atoms with Gasteiger partial charge in [-0.3, -0.25) is 14.5 Å². The zero-order valence-corrected chi connectivity index (χ0v) is 19.7. The lowest BCUT2D eigenvalue weighted by molar-refractivity contribution is -0.132. The normalized spacial score (nSPS) is 19.5. The van der Waals surface area contributed by atoms with Crippen LogP contribution in [0.25, 0.3) is 0 Å². The van der Waals surface area contributed by atoms with Gasteiger partial charge >= 0.3 is 0 Å². The lowest BCUT2D eigenvalue weighted by Gasteiger charge is -2.37. The van der Waals surface area contributed by atoms with Gasteiger partial charge in [-0.25, -0.2) is 0 Å². The molecule has 0 aromatic heterocycles. The Hall–Kier alpha value is -2.28. The van der Waals surface area contributed by atoms with Gasteiger partial charge in [0.25, 0.3) is 0 Å². The fourth-order valence-corrected chi connectivity index (χ4v) is 4.69. The molecule has 2 heterocycles. The highest BCUT2D eigenvalue weighted by Crippen LogP contribution is 2.27. The van der Waals surface area contributed by atoms with Gasteiger partial charge in [-0.15, -0.1) is 0 Å². The molecule has 4 rings (SSSR count). The van der Waals surface area contributed by atoms with Gasteiger partial charge in [0.2, 0.25) is 11.8 Å². The summed E-state index contributed by atoms with van der Waals surface area (Å²) in [5.41, 5.74) is 3.20.